The molecule has 2 rings (SSSR count). The van der Waals surface area contributed by atoms with E-state index in [1.54, 1.807) is 30.3 Å². The first-order valence-corrected chi connectivity index (χ1v) is 9.46. The Bertz CT molecular complexity index is 876. The molecule has 0 aliphatic carbocycles. The molecule has 0 aliphatic heterocycles. The molecule has 2 N–H and O–H groups in total. The van der Waals surface area contributed by atoms with Crippen LogP contribution in [0.1, 0.15) is 49.2 Å². The Labute approximate surface area is 170 Å². The molecule has 0 unspecified atom stereocenters. The van der Waals surface area contributed by atoms with E-state index < -0.39 is 5.41 Å². The second-order valence-corrected chi connectivity index (χ2v) is 8.18. The maximum absolute atomic E-state index is 12.9. The highest BCUT2D eigenvalue weighted by atomic mass is 35.5. The Kier molecular flexibility index (Phi) is 6.55. The molecule has 4 nitrogen and oxygen atoms in total. The number of rotatable bonds is 5. The molecule has 0 aliphatic rings. The van der Waals surface area contributed by atoms with Crippen LogP contribution in [0.15, 0.2) is 36.4 Å². The molecular weight excluding hydrogens is 383 g/mol. The number of carbonyl (C=O) groups is 2. The first kappa shape index (κ1) is 21.3. The number of amides is 2. The normalized spacial score (nSPS) is 11.4. The molecule has 0 aromatic heterocycles. The van der Waals surface area contributed by atoms with E-state index in [1.165, 1.54) is 0 Å². The molecule has 6 heteroatoms. The number of halogens is 2. The Morgan fingerprint density at radius 2 is 1.67 bits per heavy atom. The van der Waals surface area contributed by atoms with E-state index in [1.807, 2.05) is 40.7 Å². The van der Waals surface area contributed by atoms with Crippen molar-refractivity contribution in [1.82, 2.24) is 5.32 Å². The maximum atomic E-state index is 12.9. The molecule has 0 heterocycles. The van der Waals surface area contributed by atoms with Crippen molar-refractivity contribution in [1.29, 1.82) is 0 Å². The van der Waals surface area contributed by atoms with Gasteiger partial charge in [0.25, 0.3) is 5.91 Å². The van der Waals surface area contributed by atoms with Gasteiger partial charge in [0.1, 0.15) is 0 Å². The topological polar surface area (TPSA) is 58.2 Å². The number of hydrogen-bond donors (Lipinski definition) is 2. The van der Waals surface area contributed by atoms with Gasteiger partial charge in [0.2, 0.25) is 5.91 Å². The van der Waals surface area contributed by atoms with E-state index in [4.69, 9.17) is 23.2 Å². The molecule has 0 saturated carbocycles. The van der Waals surface area contributed by atoms with Gasteiger partial charge in [0.05, 0.1) is 15.5 Å². The van der Waals surface area contributed by atoms with Crippen molar-refractivity contribution in [2.24, 2.45) is 0 Å². The van der Waals surface area contributed by atoms with Crippen LogP contribution < -0.4 is 10.6 Å². The molecule has 0 spiro atoms. The Morgan fingerprint density at radius 1 is 1.00 bits per heavy atom. The smallest absolute Gasteiger partial charge is 0.251 e. The standard InChI is InChI=1S/C21H24Cl2N2O2/c1-12(2)24-19(26)16-11-15(8-6-13(16)3)25-20(27)21(4,5)14-7-9-17(22)18(23)10-14/h6-12H,1-5H3,(H,24,26)(H,25,27). The first-order valence-electron chi connectivity index (χ1n) is 8.71. The molecule has 2 amide bonds. The summed E-state index contributed by atoms with van der Waals surface area (Å²) in [7, 11) is 0. The molecule has 144 valence electrons. The number of anilines is 1. The van der Waals surface area contributed by atoms with Crippen LogP contribution in [-0.4, -0.2) is 17.9 Å². The number of nitrogens with one attached hydrogen (secondary N) is 2. The summed E-state index contributed by atoms with van der Waals surface area (Å²) in [6.07, 6.45) is 0. The Morgan fingerprint density at radius 3 is 2.26 bits per heavy atom. The van der Waals surface area contributed by atoms with Gasteiger partial charge in [-0.3, -0.25) is 9.59 Å². The fraction of sp³-hybridized carbons (Fsp3) is 0.333. The Hall–Kier alpha value is -2.04. The van der Waals surface area contributed by atoms with Crippen LogP contribution >= 0.6 is 23.2 Å². The summed E-state index contributed by atoms with van der Waals surface area (Å²) in [5.41, 5.74) is 1.86. The molecular formula is C21H24Cl2N2O2. The van der Waals surface area contributed by atoms with Crippen LogP contribution in [0, 0.1) is 6.92 Å². The van der Waals surface area contributed by atoms with Gasteiger partial charge in [-0.2, -0.15) is 0 Å². The molecule has 0 saturated heterocycles. The second-order valence-electron chi connectivity index (χ2n) is 7.37. The average molecular weight is 407 g/mol. The summed E-state index contributed by atoms with van der Waals surface area (Å²) in [5.74, 6) is -0.373. The molecule has 2 aromatic carbocycles. The van der Waals surface area contributed by atoms with Gasteiger partial charge in [-0.25, -0.2) is 0 Å². The van der Waals surface area contributed by atoms with Gasteiger partial charge < -0.3 is 10.6 Å². The molecule has 0 fully saturated rings. The van der Waals surface area contributed by atoms with Gasteiger partial charge in [-0.1, -0.05) is 35.3 Å². The lowest BCUT2D eigenvalue weighted by Gasteiger charge is -2.25. The van der Waals surface area contributed by atoms with Crippen LogP contribution in [0.5, 0.6) is 0 Å². The summed E-state index contributed by atoms with van der Waals surface area (Å²) < 4.78 is 0. The average Bonchev–Trinajstić information content (AvgIpc) is 2.58. The summed E-state index contributed by atoms with van der Waals surface area (Å²) in [6, 6.07) is 10.5. The molecule has 0 radical (unpaired) electrons. The zero-order valence-electron chi connectivity index (χ0n) is 16.1. The van der Waals surface area contributed by atoms with Gasteiger partial charge in [0, 0.05) is 17.3 Å². The number of benzene rings is 2. The third-order valence-corrected chi connectivity index (χ3v) is 5.11. The predicted molar refractivity (Wildman–Crippen MR) is 112 cm³/mol. The van der Waals surface area contributed by atoms with Gasteiger partial charge in [0.15, 0.2) is 0 Å². The van der Waals surface area contributed by atoms with Crippen molar-refractivity contribution in [2.45, 2.75) is 46.1 Å². The van der Waals surface area contributed by atoms with Crippen molar-refractivity contribution < 1.29 is 9.59 Å². The summed E-state index contributed by atoms with van der Waals surface area (Å²) >= 11 is 12.1. The highest BCUT2D eigenvalue weighted by molar-refractivity contribution is 6.42. The molecule has 2 aromatic rings. The summed E-state index contributed by atoms with van der Waals surface area (Å²) in [6.45, 7) is 9.28. The largest absolute Gasteiger partial charge is 0.350 e. The van der Waals surface area contributed by atoms with Gasteiger partial charge >= 0.3 is 0 Å². The van der Waals surface area contributed by atoms with E-state index in [2.05, 4.69) is 10.6 Å². The van der Waals surface area contributed by atoms with E-state index in [9.17, 15) is 9.59 Å². The lowest BCUT2D eigenvalue weighted by Crippen LogP contribution is -2.35. The van der Waals surface area contributed by atoms with Gasteiger partial charge in [-0.15, -0.1) is 0 Å². The maximum Gasteiger partial charge on any atom is 0.251 e. The number of carbonyl (C=O) groups excluding carboxylic acids is 2. The van der Waals surface area contributed by atoms with E-state index in [-0.39, 0.29) is 17.9 Å². The first-order chi connectivity index (χ1) is 12.5. The van der Waals surface area contributed by atoms with Gasteiger partial charge in [-0.05, 0) is 70.0 Å². The zero-order chi connectivity index (χ0) is 20.4. The van der Waals surface area contributed by atoms with Crippen LogP contribution in [0.3, 0.4) is 0 Å². The molecule has 27 heavy (non-hydrogen) atoms. The minimum atomic E-state index is -0.834. The van der Waals surface area contributed by atoms with Crippen molar-refractivity contribution >= 4 is 40.7 Å². The van der Waals surface area contributed by atoms with Crippen LogP contribution in [0.25, 0.3) is 0 Å². The highest BCUT2D eigenvalue weighted by Gasteiger charge is 2.30. The van der Waals surface area contributed by atoms with Crippen molar-refractivity contribution in [3.8, 4) is 0 Å². The third-order valence-electron chi connectivity index (χ3n) is 4.37. The minimum absolute atomic E-state index is 0.0312. The Balaban J connectivity index is 2.26. The third kappa shape index (κ3) is 5.02. The number of aryl methyl sites for hydroxylation is 1. The molecule has 0 bridgehead atoms. The van der Waals surface area contributed by atoms with E-state index in [0.29, 0.717) is 21.3 Å². The monoisotopic (exact) mass is 406 g/mol. The SMILES string of the molecule is Cc1ccc(NC(=O)C(C)(C)c2ccc(Cl)c(Cl)c2)cc1C(=O)NC(C)C. The minimum Gasteiger partial charge on any atom is -0.350 e. The molecule has 0 atom stereocenters. The van der Waals surface area contributed by atoms with Crippen LogP contribution in [-0.2, 0) is 10.2 Å². The van der Waals surface area contributed by atoms with Crippen LogP contribution in [0.2, 0.25) is 10.0 Å². The number of hydrogen-bond acceptors (Lipinski definition) is 2. The summed E-state index contributed by atoms with van der Waals surface area (Å²) in [4.78, 5) is 25.2. The fourth-order valence-electron chi connectivity index (χ4n) is 2.59. The van der Waals surface area contributed by atoms with Crippen LogP contribution in [0.4, 0.5) is 5.69 Å². The van der Waals surface area contributed by atoms with E-state index in [0.717, 1.165) is 11.1 Å². The van der Waals surface area contributed by atoms with Crippen molar-refractivity contribution in [3.63, 3.8) is 0 Å². The highest BCUT2D eigenvalue weighted by Crippen LogP contribution is 2.31. The lowest BCUT2D eigenvalue weighted by molar-refractivity contribution is -0.120. The second kappa shape index (κ2) is 8.32. The van der Waals surface area contributed by atoms with Crippen molar-refractivity contribution in [3.05, 3.63) is 63.1 Å². The quantitative estimate of drug-likeness (QED) is 0.702. The summed E-state index contributed by atoms with van der Waals surface area (Å²) in [5, 5.41) is 6.61. The van der Waals surface area contributed by atoms with Crippen molar-refractivity contribution in [2.75, 3.05) is 5.32 Å². The fourth-order valence-corrected chi connectivity index (χ4v) is 2.89. The predicted octanol–water partition coefficient (Wildman–Crippen LogP) is 5.36. The lowest BCUT2D eigenvalue weighted by atomic mass is 9.83. The van der Waals surface area contributed by atoms with E-state index >= 15 is 0 Å². The zero-order valence-corrected chi connectivity index (χ0v) is 17.6.